The molecule has 0 aliphatic heterocycles. The number of thioether (sulfide) groups is 1. The predicted molar refractivity (Wildman–Crippen MR) is 59.4 cm³/mol. The molecule has 6 nitrogen and oxygen atoms in total. The van der Waals surface area contributed by atoms with Crippen LogP contribution in [0, 0.1) is 0 Å². The van der Waals surface area contributed by atoms with Crippen molar-refractivity contribution in [3.8, 4) is 0 Å². The quantitative estimate of drug-likeness (QED) is 0.392. The van der Waals surface area contributed by atoms with E-state index in [-0.39, 0.29) is 0 Å². The summed E-state index contributed by atoms with van der Waals surface area (Å²) in [6.45, 7) is 0.921. The van der Waals surface area contributed by atoms with E-state index in [0.717, 1.165) is 18.7 Å². The highest BCUT2D eigenvalue weighted by molar-refractivity contribution is 7.99. The van der Waals surface area contributed by atoms with Crippen LogP contribution in [0.3, 0.4) is 0 Å². The number of hydrogen-bond acceptors (Lipinski definition) is 5. The van der Waals surface area contributed by atoms with Crippen molar-refractivity contribution in [2.75, 3.05) is 19.3 Å². The van der Waals surface area contributed by atoms with Crippen molar-refractivity contribution in [2.45, 2.75) is 11.6 Å². The lowest BCUT2D eigenvalue weighted by molar-refractivity contribution is 0.596. The van der Waals surface area contributed by atoms with Gasteiger partial charge in [0, 0.05) is 12.8 Å². The Bertz CT molecular complexity index is 425. The molecule has 1 aromatic rings. The van der Waals surface area contributed by atoms with Crippen molar-refractivity contribution in [2.24, 2.45) is 7.05 Å². The van der Waals surface area contributed by atoms with Gasteiger partial charge in [-0.15, -0.1) is 0 Å². The molecule has 0 unspecified atom stereocenters. The zero-order chi connectivity index (χ0) is 11.3. The molecule has 0 spiro atoms. The van der Waals surface area contributed by atoms with E-state index in [1.165, 1.54) is 16.4 Å². The summed E-state index contributed by atoms with van der Waals surface area (Å²) in [5, 5.41) is 5.96. The molecular formula is C8H14N4O2S. The summed E-state index contributed by atoms with van der Waals surface area (Å²) >= 11 is 1.45. The first kappa shape index (κ1) is 12.0. The minimum atomic E-state index is -0.732. The summed E-state index contributed by atoms with van der Waals surface area (Å²) < 4.78 is 1.47. The smallest absolute Gasteiger partial charge is 0.320 e. The zero-order valence-electron chi connectivity index (χ0n) is 8.74. The number of hydrogen-bond donors (Lipinski definition) is 2. The Balaban J connectivity index is 2.65. The van der Waals surface area contributed by atoms with Crippen LogP contribution in [0.1, 0.15) is 6.42 Å². The van der Waals surface area contributed by atoms with Gasteiger partial charge < -0.3 is 5.32 Å². The van der Waals surface area contributed by atoms with Gasteiger partial charge in [0.25, 0.3) is 0 Å². The second kappa shape index (κ2) is 5.72. The standard InChI is InChI=1S/C8H14N4O2S/c1-9-4-3-5-15-8-10-6(13)7(14)11-12(8)2/h9H,3-5H2,1-2H3,(H,11,14). The zero-order valence-corrected chi connectivity index (χ0v) is 9.56. The first-order chi connectivity index (χ1) is 7.15. The van der Waals surface area contributed by atoms with E-state index in [1.54, 1.807) is 7.05 Å². The van der Waals surface area contributed by atoms with Gasteiger partial charge in [-0.25, -0.2) is 0 Å². The van der Waals surface area contributed by atoms with E-state index in [1.807, 2.05) is 7.05 Å². The van der Waals surface area contributed by atoms with Gasteiger partial charge in [-0.1, -0.05) is 11.8 Å². The molecule has 0 aromatic carbocycles. The van der Waals surface area contributed by atoms with Gasteiger partial charge >= 0.3 is 11.1 Å². The number of H-pyrrole nitrogens is 1. The van der Waals surface area contributed by atoms with E-state index in [9.17, 15) is 9.59 Å². The molecular weight excluding hydrogens is 216 g/mol. The Labute approximate surface area is 91.1 Å². The van der Waals surface area contributed by atoms with E-state index >= 15 is 0 Å². The molecule has 0 radical (unpaired) electrons. The van der Waals surface area contributed by atoms with Gasteiger partial charge in [0.1, 0.15) is 0 Å². The highest BCUT2D eigenvalue weighted by Crippen LogP contribution is 2.11. The van der Waals surface area contributed by atoms with Crippen molar-refractivity contribution < 1.29 is 0 Å². The van der Waals surface area contributed by atoms with Crippen LogP contribution in [0.5, 0.6) is 0 Å². The number of nitrogens with one attached hydrogen (secondary N) is 2. The van der Waals surface area contributed by atoms with Gasteiger partial charge in [0.15, 0.2) is 5.16 Å². The van der Waals surface area contributed by atoms with Crippen molar-refractivity contribution in [1.82, 2.24) is 20.1 Å². The van der Waals surface area contributed by atoms with Crippen LogP contribution in [-0.2, 0) is 7.05 Å². The van der Waals surface area contributed by atoms with Crippen LogP contribution in [0.2, 0.25) is 0 Å². The average Bonchev–Trinajstić information content (AvgIpc) is 2.20. The van der Waals surface area contributed by atoms with E-state index < -0.39 is 11.1 Å². The fourth-order valence-corrected chi connectivity index (χ4v) is 1.86. The maximum Gasteiger partial charge on any atom is 0.339 e. The summed E-state index contributed by atoms with van der Waals surface area (Å²) in [6, 6.07) is 0. The summed E-state index contributed by atoms with van der Waals surface area (Å²) in [5.74, 6) is 0.854. The molecule has 7 heteroatoms. The van der Waals surface area contributed by atoms with Crippen molar-refractivity contribution in [3.05, 3.63) is 20.7 Å². The average molecular weight is 230 g/mol. The topological polar surface area (TPSA) is 79.8 Å². The van der Waals surface area contributed by atoms with Gasteiger partial charge in [0.05, 0.1) is 0 Å². The minimum Gasteiger partial charge on any atom is -0.320 e. The molecule has 0 aliphatic rings. The fraction of sp³-hybridized carbons (Fsp3) is 0.625. The van der Waals surface area contributed by atoms with Crippen LogP contribution < -0.4 is 16.4 Å². The number of nitrogens with zero attached hydrogens (tertiary/aromatic N) is 2. The monoisotopic (exact) mass is 230 g/mol. The second-order valence-electron chi connectivity index (χ2n) is 3.01. The summed E-state index contributed by atoms with van der Waals surface area (Å²) in [6.07, 6.45) is 0.982. The summed E-state index contributed by atoms with van der Waals surface area (Å²) in [5.41, 5.74) is -1.42. The first-order valence-corrected chi connectivity index (χ1v) is 5.58. The molecule has 0 amide bonds. The summed E-state index contributed by atoms with van der Waals surface area (Å²) in [7, 11) is 3.55. The van der Waals surface area contributed by atoms with E-state index in [0.29, 0.717) is 5.16 Å². The number of aromatic amines is 1. The van der Waals surface area contributed by atoms with Crippen molar-refractivity contribution in [3.63, 3.8) is 0 Å². The van der Waals surface area contributed by atoms with Crippen molar-refractivity contribution in [1.29, 1.82) is 0 Å². The molecule has 84 valence electrons. The highest BCUT2D eigenvalue weighted by Gasteiger charge is 2.03. The number of aryl methyl sites for hydroxylation is 1. The Morgan fingerprint density at radius 2 is 2.27 bits per heavy atom. The lowest BCUT2D eigenvalue weighted by Gasteiger charge is -2.05. The Morgan fingerprint density at radius 3 is 2.93 bits per heavy atom. The normalized spacial score (nSPS) is 10.5. The first-order valence-electron chi connectivity index (χ1n) is 4.60. The van der Waals surface area contributed by atoms with Gasteiger partial charge in [0.2, 0.25) is 0 Å². The Hall–Kier alpha value is -1.08. The third-order valence-electron chi connectivity index (χ3n) is 1.75. The fourth-order valence-electron chi connectivity index (χ4n) is 1.00. The highest BCUT2D eigenvalue weighted by atomic mass is 32.2. The number of rotatable bonds is 5. The van der Waals surface area contributed by atoms with Crippen LogP contribution in [0.25, 0.3) is 0 Å². The second-order valence-corrected chi connectivity index (χ2v) is 4.07. The maximum absolute atomic E-state index is 11.0. The lowest BCUT2D eigenvalue weighted by atomic mass is 10.5. The van der Waals surface area contributed by atoms with Crippen molar-refractivity contribution >= 4 is 11.8 Å². The molecule has 0 aliphatic carbocycles. The predicted octanol–water partition coefficient (Wildman–Crippen LogP) is -0.830. The molecule has 0 saturated heterocycles. The van der Waals surface area contributed by atoms with Gasteiger partial charge in [-0.05, 0) is 20.0 Å². The SMILES string of the molecule is CNCCCSc1nc(=O)c(=O)[nH]n1C. The third-order valence-corrected chi connectivity index (χ3v) is 2.87. The minimum absolute atomic E-state index is 0.538. The maximum atomic E-state index is 11.0. The van der Waals surface area contributed by atoms with Gasteiger partial charge in [-0.3, -0.25) is 19.4 Å². The van der Waals surface area contributed by atoms with E-state index in [2.05, 4.69) is 15.4 Å². The Morgan fingerprint density at radius 1 is 1.53 bits per heavy atom. The molecule has 0 saturated carbocycles. The molecule has 1 aromatic heterocycles. The third kappa shape index (κ3) is 3.52. The molecule has 2 N–H and O–H groups in total. The number of aromatic nitrogens is 3. The van der Waals surface area contributed by atoms with Crippen LogP contribution in [0.4, 0.5) is 0 Å². The Kier molecular flexibility index (Phi) is 4.57. The summed E-state index contributed by atoms with van der Waals surface area (Å²) in [4.78, 5) is 25.6. The molecule has 15 heavy (non-hydrogen) atoms. The molecule has 1 rings (SSSR count). The molecule has 0 bridgehead atoms. The molecule has 0 fully saturated rings. The largest absolute Gasteiger partial charge is 0.339 e. The van der Waals surface area contributed by atoms with Crippen LogP contribution >= 0.6 is 11.8 Å². The van der Waals surface area contributed by atoms with E-state index in [4.69, 9.17) is 0 Å². The van der Waals surface area contributed by atoms with Crippen LogP contribution in [0.15, 0.2) is 14.7 Å². The molecule has 0 atom stereocenters. The van der Waals surface area contributed by atoms with Gasteiger partial charge in [-0.2, -0.15) is 4.98 Å². The lowest BCUT2D eigenvalue weighted by Crippen LogP contribution is -2.33. The molecule has 1 heterocycles. The van der Waals surface area contributed by atoms with Crippen LogP contribution in [-0.4, -0.2) is 34.1 Å².